The van der Waals surface area contributed by atoms with Crippen molar-refractivity contribution in [3.8, 4) is 17.2 Å². The Bertz CT molecular complexity index is 801. The maximum atomic E-state index is 12.0. The molecule has 0 heterocycles. The Labute approximate surface area is 159 Å². The summed E-state index contributed by atoms with van der Waals surface area (Å²) in [5.41, 5.74) is 2.58. The summed E-state index contributed by atoms with van der Waals surface area (Å²) in [6.07, 6.45) is 3.35. The third-order valence-electron chi connectivity index (χ3n) is 3.71. The minimum atomic E-state index is -0.571. The van der Waals surface area contributed by atoms with E-state index in [-0.39, 0.29) is 13.2 Å². The largest absolute Gasteiger partial charge is 0.495 e. The number of hydrogen-bond donors (Lipinski definition) is 1. The first-order chi connectivity index (χ1) is 13.1. The first kappa shape index (κ1) is 20.2. The van der Waals surface area contributed by atoms with Crippen LogP contribution in [0.25, 0.3) is 6.08 Å². The van der Waals surface area contributed by atoms with Gasteiger partial charge in [-0.05, 0) is 49.2 Å². The van der Waals surface area contributed by atoms with Crippen LogP contribution in [0.5, 0.6) is 17.2 Å². The van der Waals surface area contributed by atoms with Crippen molar-refractivity contribution >= 4 is 17.9 Å². The van der Waals surface area contributed by atoms with Gasteiger partial charge in [-0.2, -0.15) is 0 Å². The molecule has 0 unspecified atom stereocenters. The Morgan fingerprint density at radius 2 is 1.74 bits per heavy atom. The minimum Gasteiger partial charge on any atom is -0.495 e. The highest BCUT2D eigenvalue weighted by atomic mass is 16.6. The van der Waals surface area contributed by atoms with Crippen LogP contribution in [0, 0.1) is 6.92 Å². The lowest BCUT2D eigenvalue weighted by molar-refractivity contribution is 0.136. The molecule has 1 amide bonds. The van der Waals surface area contributed by atoms with Crippen molar-refractivity contribution in [1.82, 2.24) is 0 Å². The van der Waals surface area contributed by atoms with E-state index in [4.69, 9.17) is 18.9 Å². The average Bonchev–Trinajstić information content (AvgIpc) is 2.66. The monoisotopic (exact) mass is 371 g/mol. The topological polar surface area (TPSA) is 66.0 Å². The van der Waals surface area contributed by atoms with Gasteiger partial charge in [0.25, 0.3) is 0 Å². The molecule has 27 heavy (non-hydrogen) atoms. The Morgan fingerprint density at radius 1 is 1.00 bits per heavy atom. The zero-order valence-electron chi connectivity index (χ0n) is 16.1. The molecule has 2 aromatic carbocycles. The SMILES string of the molecule is CC=Cc1ccc(OCCOC(=O)Nc2cc(C)ccc2OC)c(OC)c1. The predicted octanol–water partition coefficient (Wildman–Crippen LogP) is 4.67. The van der Waals surface area contributed by atoms with Gasteiger partial charge in [0.05, 0.1) is 19.9 Å². The van der Waals surface area contributed by atoms with E-state index >= 15 is 0 Å². The fraction of sp³-hybridized carbons (Fsp3) is 0.286. The van der Waals surface area contributed by atoms with E-state index in [0.29, 0.717) is 22.9 Å². The van der Waals surface area contributed by atoms with Crippen molar-refractivity contribution in [3.63, 3.8) is 0 Å². The third-order valence-corrected chi connectivity index (χ3v) is 3.71. The second-order valence-corrected chi connectivity index (χ2v) is 5.72. The van der Waals surface area contributed by atoms with E-state index in [0.717, 1.165) is 11.1 Å². The van der Waals surface area contributed by atoms with Gasteiger partial charge in [-0.3, -0.25) is 5.32 Å². The number of carbonyl (C=O) groups excluding carboxylic acids is 1. The Kier molecular flexibility index (Phi) is 7.55. The Morgan fingerprint density at radius 3 is 2.44 bits per heavy atom. The number of carbonyl (C=O) groups is 1. The van der Waals surface area contributed by atoms with E-state index in [2.05, 4.69) is 5.32 Å². The van der Waals surface area contributed by atoms with Gasteiger partial charge in [0, 0.05) is 0 Å². The van der Waals surface area contributed by atoms with Crippen molar-refractivity contribution in [1.29, 1.82) is 0 Å². The number of methoxy groups -OCH3 is 2. The number of benzene rings is 2. The summed E-state index contributed by atoms with van der Waals surface area (Å²) >= 11 is 0. The summed E-state index contributed by atoms with van der Waals surface area (Å²) in [7, 11) is 3.13. The van der Waals surface area contributed by atoms with Crippen LogP contribution in [-0.4, -0.2) is 33.5 Å². The molecule has 0 atom stereocenters. The first-order valence-electron chi connectivity index (χ1n) is 8.59. The zero-order chi connectivity index (χ0) is 19.6. The van der Waals surface area contributed by atoms with Crippen LogP contribution in [0.15, 0.2) is 42.5 Å². The van der Waals surface area contributed by atoms with Crippen LogP contribution in [0.4, 0.5) is 10.5 Å². The van der Waals surface area contributed by atoms with Crippen LogP contribution in [0.3, 0.4) is 0 Å². The molecule has 0 aliphatic heterocycles. The second kappa shape index (κ2) is 10.1. The molecule has 6 nitrogen and oxygen atoms in total. The van der Waals surface area contributed by atoms with Crippen LogP contribution < -0.4 is 19.5 Å². The average molecular weight is 371 g/mol. The molecule has 0 aliphatic carbocycles. The van der Waals surface area contributed by atoms with E-state index in [1.54, 1.807) is 20.3 Å². The summed E-state index contributed by atoms with van der Waals surface area (Å²) in [4.78, 5) is 12.0. The predicted molar refractivity (Wildman–Crippen MR) is 106 cm³/mol. The molecule has 144 valence electrons. The highest BCUT2D eigenvalue weighted by Gasteiger charge is 2.09. The van der Waals surface area contributed by atoms with E-state index in [1.165, 1.54) is 0 Å². The number of anilines is 1. The van der Waals surface area contributed by atoms with Crippen molar-refractivity contribution in [2.24, 2.45) is 0 Å². The molecule has 0 fully saturated rings. The minimum absolute atomic E-state index is 0.0970. The van der Waals surface area contributed by atoms with Gasteiger partial charge < -0.3 is 18.9 Å². The van der Waals surface area contributed by atoms with Crippen molar-refractivity contribution < 1.29 is 23.7 Å². The number of hydrogen-bond acceptors (Lipinski definition) is 5. The number of nitrogens with one attached hydrogen (secondary N) is 1. The normalized spacial score (nSPS) is 10.5. The van der Waals surface area contributed by atoms with E-state index in [9.17, 15) is 4.79 Å². The molecule has 0 saturated heterocycles. The smallest absolute Gasteiger partial charge is 0.411 e. The van der Waals surface area contributed by atoms with Crippen LogP contribution >= 0.6 is 0 Å². The van der Waals surface area contributed by atoms with Crippen LogP contribution in [0.2, 0.25) is 0 Å². The van der Waals surface area contributed by atoms with Crippen molar-refractivity contribution in [2.75, 3.05) is 32.8 Å². The van der Waals surface area contributed by atoms with E-state index in [1.807, 2.05) is 56.3 Å². The summed E-state index contributed by atoms with van der Waals surface area (Å²) in [5, 5.41) is 2.67. The van der Waals surface area contributed by atoms with Crippen molar-refractivity contribution in [3.05, 3.63) is 53.6 Å². The molecule has 0 aromatic heterocycles. The quantitative estimate of drug-likeness (QED) is 0.683. The molecule has 0 saturated carbocycles. The molecule has 0 bridgehead atoms. The number of amides is 1. The molecule has 1 N–H and O–H groups in total. The van der Waals surface area contributed by atoms with Crippen molar-refractivity contribution in [2.45, 2.75) is 13.8 Å². The molecule has 2 aromatic rings. The molecule has 0 aliphatic rings. The first-order valence-corrected chi connectivity index (χ1v) is 8.59. The molecular weight excluding hydrogens is 346 g/mol. The Hall–Kier alpha value is -3.15. The molecule has 6 heteroatoms. The molecular formula is C21H25NO5. The summed E-state index contributed by atoms with van der Waals surface area (Å²) in [6, 6.07) is 11.1. The standard InChI is InChI=1S/C21H25NO5/c1-5-6-16-8-10-19(20(14-16)25-4)26-11-12-27-21(23)22-17-13-15(2)7-9-18(17)24-3/h5-10,13-14H,11-12H2,1-4H3,(H,22,23). The number of rotatable bonds is 8. The highest BCUT2D eigenvalue weighted by molar-refractivity contribution is 5.86. The van der Waals surface area contributed by atoms with Gasteiger partial charge in [-0.1, -0.05) is 24.3 Å². The van der Waals surface area contributed by atoms with Gasteiger partial charge in [0.2, 0.25) is 0 Å². The Balaban J connectivity index is 1.85. The fourth-order valence-corrected chi connectivity index (χ4v) is 2.45. The maximum absolute atomic E-state index is 12.0. The number of allylic oxidation sites excluding steroid dienone is 1. The third kappa shape index (κ3) is 5.95. The van der Waals surface area contributed by atoms with Crippen LogP contribution in [0.1, 0.15) is 18.1 Å². The molecule has 0 radical (unpaired) electrons. The van der Waals surface area contributed by atoms with Gasteiger partial charge in [-0.15, -0.1) is 0 Å². The lowest BCUT2D eigenvalue weighted by atomic mass is 10.2. The lowest BCUT2D eigenvalue weighted by Crippen LogP contribution is -2.18. The van der Waals surface area contributed by atoms with Gasteiger partial charge in [0.1, 0.15) is 19.0 Å². The summed E-state index contributed by atoms with van der Waals surface area (Å²) in [6.45, 7) is 4.18. The molecule has 2 rings (SSSR count). The lowest BCUT2D eigenvalue weighted by Gasteiger charge is -2.13. The number of aryl methyl sites for hydroxylation is 1. The maximum Gasteiger partial charge on any atom is 0.411 e. The summed E-state index contributed by atoms with van der Waals surface area (Å²) < 4.78 is 21.4. The summed E-state index contributed by atoms with van der Waals surface area (Å²) in [5.74, 6) is 1.79. The molecule has 0 spiro atoms. The van der Waals surface area contributed by atoms with Gasteiger partial charge >= 0.3 is 6.09 Å². The van der Waals surface area contributed by atoms with Crippen LogP contribution in [-0.2, 0) is 4.74 Å². The zero-order valence-corrected chi connectivity index (χ0v) is 16.1. The van der Waals surface area contributed by atoms with Gasteiger partial charge in [0.15, 0.2) is 11.5 Å². The number of ether oxygens (including phenoxy) is 4. The highest BCUT2D eigenvalue weighted by Crippen LogP contribution is 2.28. The van der Waals surface area contributed by atoms with Gasteiger partial charge in [-0.25, -0.2) is 4.79 Å². The second-order valence-electron chi connectivity index (χ2n) is 5.72. The van der Waals surface area contributed by atoms with E-state index < -0.39 is 6.09 Å². The fourth-order valence-electron chi connectivity index (χ4n) is 2.45.